The van der Waals surface area contributed by atoms with Gasteiger partial charge in [-0.2, -0.15) is 0 Å². The first-order valence-corrected chi connectivity index (χ1v) is 6.79. The molecule has 0 aliphatic heterocycles. The fraction of sp³-hybridized carbons (Fsp3) is 0.533. The third-order valence-corrected chi connectivity index (χ3v) is 3.41. The van der Waals surface area contributed by atoms with Gasteiger partial charge >= 0.3 is 0 Å². The first-order valence-electron chi connectivity index (χ1n) is 6.79. The van der Waals surface area contributed by atoms with Gasteiger partial charge in [0.2, 0.25) is 5.91 Å². The van der Waals surface area contributed by atoms with Crippen LogP contribution in [0.5, 0.6) is 11.5 Å². The van der Waals surface area contributed by atoms with Crippen LogP contribution < -0.4 is 20.5 Å². The van der Waals surface area contributed by atoms with E-state index in [1.165, 1.54) is 0 Å². The Labute approximate surface area is 120 Å². The summed E-state index contributed by atoms with van der Waals surface area (Å²) in [5, 5.41) is 2.97. The van der Waals surface area contributed by atoms with E-state index >= 15 is 0 Å². The Bertz CT molecular complexity index is 445. The van der Waals surface area contributed by atoms with Gasteiger partial charge in [-0.1, -0.05) is 13.0 Å². The molecule has 1 aromatic carbocycles. The maximum Gasteiger partial charge on any atom is 0.224 e. The normalized spacial score (nSPS) is 13.4. The number of nitrogens with one attached hydrogen (secondary N) is 1. The van der Waals surface area contributed by atoms with Crippen molar-refractivity contribution in [1.29, 1.82) is 0 Å². The minimum Gasteiger partial charge on any atom is -0.493 e. The zero-order chi connectivity index (χ0) is 15.1. The summed E-state index contributed by atoms with van der Waals surface area (Å²) in [4.78, 5) is 12.0. The maximum absolute atomic E-state index is 12.0. The number of benzene rings is 1. The molecule has 0 bridgehead atoms. The van der Waals surface area contributed by atoms with Crippen LogP contribution in [0.4, 0.5) is 0 Å². The van der Waals surface area contributed by atoms with Crippen molar-refractivity contribution < 1.29 is 14.3 Å². The molecule has 0 heterocycles. The highest BCUT2D eigenvalue weighted by Gasteiger charge is 2.18. The van der Waals surface area contributed by atoms with Gasteiger partial charge in [-0.15, -0.1) is 0 Å². The summed E-state index contributed by atoms with van der Waals surface area (Å²) in [6.45, 7) is 4.25. The molecule has 2 atom stereocenters. The van der Waals surface area contributed by atoms with Crippen molar-refractivity contribution in [2.75, 3.05) is 20.8 Å². The third-order valence-electron chi connectivity index (χ3n) is 3.41. The Morgan fingerprint density at radius 1 is 1.30 bits per heavy atom. The number of rotatable bonds is 7. The average molecular weight is 280 g/mol. The van der Waals surface area contributed by atoms with Gasteiger partial charge in [0, 0.05) is 12.5 Å². The minimum absolute atomic E-state index is 0.0164. The Morgan fingerprint density at radius 3 is 2.45 bits per heavy atom. The molecule has 0 radical (unpaired) electrons. The van der Waals surface area contributed by atoms with Crippen molar-refractivity contribution >= 4 is 5.91 Å². The Kier molecular flexibility index (Phi) is 6.31. The van der Waals surface area contributed by atoms with Crippen molar-refractivity contribution in [3.63, 3.8) is 0 Å². The number of nitrogens with two attached hydrogens (primary N) is 1. The first-order chi connectivity index (χ1) is 9.57. The molecule has 3 N–H and O–H groups in total. The number of carbonyl (C=O) groups excluding carboxylic acids is 1. The van der Waals surface area contributed by atoms with Gasteiger partial charge < -0.3 is 20.5 Å². The van der Waals surface area contributed by atoms with E-state index in [9.17, 15) is 4.79 Å². The van der Waals surface area contributed by atoms with Gasteiger partial charge in [0.25, 0.3) is 0 Å². The van der Waals surface area contributed by atoms with Crippen LogP contribution in [0.15, 0.2) is 18.2 Å². The van der Waals surface area contributed by atoms with Crippen LogP contribution in [-0.2, 0) is 4.79 Å². The average Bonchev–Trinajstić information content (AvgIpc) is 2.47. The summed E-state index contributed by atoms with van der Waals surface area (Å²) in [7, 11) is 3.18. The highest BCUT2D eigenvalue weighted by atomic mass is 16.5. The number of amides is 1. The van der Waals surface area contributed by atoms with E-state index in [0.29, 0.717) is 18.0 Å². The fourth-order valence-electron chi connectivity index (χ4n) is 2.00. The second-order valence-corrected chi connectivity index (χ2v) is 4.69. The molecule has 112 valence electrons. The lowest BCUT2D eigenvalue weighted by Crippen LogP contribution is -2.36. The Hall–Kier alpha value is -1.75. The van der Waals surface area contributed by atoms with E-state index in [2.05, 4.69) is 5.32 Å². The highest BCUT2D eigenvalue weighted by molar-refractivity contribution is 5.79. The summed E-state index contributed by atoms with van der Waals surface area (Å²) in [5.74, 6) is 1.16. The monoisotopic (exact) mass is 280 g/mol. The van der Waals surface area contributed by atoms with Crippen LogP contribution in [-0.4, -0.2) is 26.7 Å². The van der Waals surface area contributed by atoms with Gasteiger partial charge in [0.1, 0.15) is 0 Å². The van der Waals surface area contributed by atoms with E-state index in [1.54, 1.807) is 14.2 Å². The minimum atomic E-state index is -0.141. The van der Waals surface area contributed by atoms with Gasteiger partial charge in [-0.3, -0.25) is 4.79 Å². The molecule has 1 aromatic rings. The Balaban J connectivity index is 2.82. The van der Waals surface area contributed by atoms with E-state index < -0.39 is 0 Å². The molecule has 0 aromatic heterocycles. The van der Waals surface area contributed by atoms with E-state index in [-0.39, 0.29) is 17.9 Å². The van der Waals surface area contributed by atoms with Crippen LogP contribution >= 0.6 is 0 Å². The molecule has 2 unspecified atom stereocenters. The van der Waals surface area contributed by atoms with Gasteiger partial charge in [0.05, 0.1) is 20.3 Å². The maximum atomic E-state index is 12.0. The van der Waals surface area contributed by atoms with Gasteiger partial charge in [0.15, 0.2) is 11.5 Å². The van der Waals surface area contributed by atoms with Gasteiger partial charge in [-0.25, -0.2) is 0 Å². The van der Waals surface area contributed by atoms with Crippen LogP contribution in [0, 0.1) is 5.92 Å². The number of methoxy groups -OCH3 is 2. The van der Waals surface area contributed by atoms with Crippen molar-refractivity contribution in [3.05, 3.63) is 23.8 Å². The molecule has 5 heteroatoms. The predicted molar refractivity (Wildman–Crippen MR) is 78.9 cm³/mol. The van der Waals surface area contributed by atoms with Crippen molar-refractivity contribution in [3.8, 4) is 11.5 Å². The SMILES string of the molecule is CCC(CN)C(=O)NC(C)c1ccc(OC)c(OC)c1. The molecule has 0 fully saturated rings. The quantitative estimate of drug-likeness (QED) is 0.799. The molecule has 20 heavy (non-hydrogen) atoms. The second-order valence-electron chi connectivity index (χ2n) is 4.69. The summed E-state index contributed by atoms with van der Waals surface area (Å²) in [6, 6.07) is 5.50. The first kappa shape index (κ1) is 16.3. The molecule has 1 rings (SSSR count). The second kappa shape index (κ2) is 7.75. The number of ether oxygens (including phenoxy) is 2. The summed E-state index contributed by atoms with van der Waals surface area (Å²) in [6.07, 6.45) is 0.737. The summed E-state index contributed by atoms with van der Waals surface area (Å²) >= 11 is 0. The molecule has 0 aliphatic carbocycles. The largest absolute Gasteiger partial charge is 0.493 e. The zero-order valence-electron chi connectivity index (χ0n) is 12.6. The number of hydrogen-bond donors (Lipinski definition) is 2. The lowest BCUT2D eigenvalue weighted by Gasteiger charge is -2.19. The van der Waals surface area contributed by atoms with Crippen LogP contribution in [0.2, 0.25) is 0 Å². The molecular weight excluding hydrogens is 256 g/mol. The van der Waals surface area contributed by atoms with Crippen LogP contribution in [0.25, 0.3) is 0 Å². The predicted octanol–water partition coefficient (Wildman–Crippen LogP) is 1.87. The zero-order valence-corrected chi connectivity index (χ0v) is 12.6. The molecule has 0 saturated carbocycles. The lowest BCUT2D eigenvalue weighted by molar-refractivity contribution is -0.125. The molecular formula is C15H24N2O3. The fourth-order valence-corrected chi connectivity index (χ4v) is 2.00. The number of hydrogen-bond acceptors (Lipinski definition) is 4. The van der Waals surface area contributed by atoms with Crippen molar-refractivity contribution in [2.24, 2.45) is 11.7 Å². The Morgan fingerprint density at radius 2 is 1.95 bits per heavy atom. The van der Waals surface area contributed by atoms with Crippen LogP contribution in [0.1, 0.15) is 31.9 Å². The lowest BCUT2D eigenvalue weighted by atomic mass is 10.0. The molecule has 1 amide bonds. The molecule has 5 nitrogen and oxygen atoms in total. The van der Waals surface area contributed by atoms with Crippen molar-refractivity contribution in [2.45, 2.75) is 26.3 Å². The van der Waals surface area contributed by atoms with Crippen molar-refractivity contribution in [1.82, 2.24) is 5.32 Å². The molecule has 0 saturated heterocycles. The standard InChI is InChI=1S/C15H24N2O3/c1-5-11(9-16)15(18)17-10(2)12-6-7-13(19-3)14(8-12)20-4/h6-8,10-11H,5,9,16H2,1-4H3,(H,17,18). The van der Waals surface area contributed by atoms with E-state index in [1.807, 2.05) is 32.0 Å². The van der Waals surface area contributed by atoms with Gasteiger partial charge in [-0.05, 0) is 31.0 Å². The van der Waals surface area contributed by atoms with E-state index in [0.717, 1.165) is 12.0 Å². The molecule has 0 spiro atoms. The van der Waals surface area contributed by atoms with E-state index in [4.69, 9.17) is 15.2 Å². The highest BCUT2D eigenvalue weighted by Crippen LogP contribution is 2.29. The van der Waals surface area contributed by atoms with Crippen LogP contribution in [0.3, 0.4) is 0 Å². The summed E-state index contributed by atoms with van der Waals surface area (Å²) in [5.41, 5.74) is 6.55. The topological polar surface area (TPSA) is 73.6 Å². The number of carbonyl (C=O) groups is 1. The summed E-state index contributed by atoms with van der Waals surface area (Å²) < 4.78 is 10.5. The molecule has 0 aliphatic rings. The smallest absolute Gasteiger partial charge is 0.224 e. The third kappa shape index (κ3) is 3.87.